The molecule has 0 atom stereocenters. The Morgan fingerprint density at radius 1 is 1.08 bits per heavy atom. The maximum atomic E-state index is 13.4. The first-order valence-corrected chi connectivity index (χ1v) is 12.8. The van der Waals surface area contributed by atoms with E-state index in [0.717, 1.165) is 48.3 Å². The third-order valence-corrected chi connectivity index (χ3v) is 6.37. The summed E-state index contributed by atoms with van der Waals surface area (Å²) < 4.78 is 11.0. The molecule has 1 aliphatic heterocycles. The molecule has 0 unspecified atom stereocenters. The number of fused-ring (bicyclic) bond motifs is 1. The number of rotatable bonds is 6. The van der Waals surface area contributed by atoms with E-state index in [1.54, 1.807) is 45.4 Å². The highest BCUT2D eigenvalue weighted by atomic mass is 16.6. The normalized spacial score (nSPS) is 13.9. The highest BCUT2D eigenvalue weighted by molar-refractivity contribution is 6.01. The van der Waals surface area contributed by atoms with Gasteiger partial charge in [0.25, 0.3) is 0 Å². The fraction of sp³-hybridized carbons (Fsp3) is 0.300. The Kier molecular flexibility index (Phi) is 7.15. The number of nitrogens with zero attached hydrogens (tertiary/aromatic N) is 2. The van der Waals surface area contributed by atoms with Gasteiger partial charge in [0, 0.05) is 66.7 Å². The SMILES string of the molecule is CC(C)(C)OC(=O)Nc1ccc(-c2ccco2)cc1CC(=O)c1cnc2cc(N3CCNCC3)ccc2c1. The van der Waals surface area contributed by atoms with Crippen LogP contribution in [0, 0.1) is 0 Å². The minimum absolute atomic E-state index is 0.0751. The Balaban J connectivity index is 1.40. The molecule has 2 N–H and O–H groups in total. The summed E-state index contributed by atoms with van der Waals surface area (Å²) in [5.74, 6) is 0.574. The standard InChI is InChI=1S/C30H32N4O4/c1-30(2,3)38-29(36)33-25-9-7-21(28-5-4-14-37-28)16-22(25)17-27(35)23-15-20-6-8-24(18-26(20)32-19-23)34-12-10-31-11-13-34/h4-9,14-16,18-19,31H,10-13,17H2,1-3H3,(H,33,36). The van der Waals surface area contributed by atoms with E-state index in [0.29, 0.717) is 22.6 Å². The topological polar surface area (TPSA) is 96.7 Å². The van der Waals surface area contributed by atoms with Crippen molar-refractivity contribution in [3.8, 4) is 11.3 Å². The number of Topliss-reactive ketones (excluding diaryl/α,β-unsaturated/α-hetero) is 1. The lowest BCUT2D eigenvalue weighted by Crippen LogP contribution is -2.43. The molecule has 0 saturated carbocycles. The van der Waals surface area contributed by atoms with E-state index in [2.05, 4.69) is 32.7 Å². The van der Waals surface area contributed by atoms with Gasteiger partial charge in [-0.3, -0.25) is 15.1 Å². The minimum atomic E-state index is -0.643. The molecule has 38 heavy (non-hydrogen) atoms. The fourth-order valence-corrected chi connectivity index (χ4v) is 4.53. The second-order valence-electron chi connectivity index (χ2n) is 10.4. The van der Waals surface area contributed by atoms with Crippen LogP contribution >= 0.6 is 0 Å². The predicted molar refractivity (Wildman–Crippen MR) is 149 cm³/mol. The van der Waals surface area contributed by atoms with Crippen molar-refractivity contribution in [3.63, 3.8) is 0 Å². The molecule has 1 fully saturated rings. The van der Waals surface area contributed by atoms with Crippen LogP contribution in [0.2, 0.25) is 0 Å². The molecular weight excluding hydrogens is 480 g/mol. The number of hydrogen-bond donors (Lipinski definition) is 2. The molecule has 0 radical (unpaired) electrons. The summed E-state index contributed by atoms with van der Waals surface area (Å²) in [5, 5.41) is 7.07. The Morgan fingerprint density at radius 3 is 2.63 bits per heavy atom. The lowest BCUT2D eigenvalue weighted by atomic mass is 9.99. The van der Waals surface area contributed by atoms with Gasteiger partial charge in [0.2, 0.25) is 0 Å². The zero-order chi connectivity index (χ0) is 26.7. The minimum Gasteiger partial charge on any atom is -0.464 e. The van der Waals surface area contributed by atoms with Crippen molar-refractivity contribution in [2.45, 2.75) is 32.8 Å². The summed E-state index contributed by atoms with van der Waals surface area (Å²) >= 11 is 0. The van der Waals surface area contributed by atoms with E-state index >= 15 is 0 Å². The second-order valence-corrected chi connectivity index (χ2v) is 10.4. The first-order valence-electron chi connectivity index (χ1n) is 12.8. The van der Waals surface area contributed by atoms with Crippen LogP contribution in [-0.4, -0.2) is 48.6 Å². The van der Waals surface area contributed by atoms with Crippen LogP contribution in [0.5, 0.6) is 0 Å². The van der Waals surface area contributed by atoms with E-state index in [1.807, 2.05) is 30.3 Å². The molecule has 0 spiro atoms. The summed E-state index contributed by atoms with van der Waals surface area (Å²) in [5.41, 5.74) is 3.84. The number of anilines is 2. The first-order chi connectivity index (χ1) is 18.2. The molecular formula is C30H32N4O4. The van der Waals surface area contributed by atoms with E-state index in [-0.39, 0.29) is 12.2 Å². The van der Waals surface area contributed by atoms with Crippen LogP contribution < -0.4 is 15.5 Å². The van der Waals surface area contributed by atoms with Crippen LogP contribution in [0.15, 0.2) is 71.5 Å². The molecule has 3 heterocycles. The number of aromatic nitrogens is 1. The first kappa shape index (κ1) is 25.5. The van der Waals surface area contributed by atoms with Gasteiger partial charge in [-0.25, -0.2) is 4.79 Å². The molecule has 8 nitrogen and oxygen atoms in total. The number of hydrogen-bond acceptors (Lipinski definition) is 7. The maximum absolute atomic E-state index is 13.4. The van der Waals surface area contributed by atoms with Crippen LogP contribution in [0.4, 0.5) is 16.2 Å². The molecule has 0 bridgehead atoms. The average molecular weight is 513 g/mol. The van der Waals surface area contributed by atoms with Crippen molar-refractivity contribution in [2.75, 3.05) is 36.4 Å². The molecule has 2 aromatic carbocycles. The molecule has 1 aliphatic rings. The van der Waals surface area contributed by atoms with Gasteiger partial charge in [0.05, 0.1) is 11.8 Å². The van der Waals surface area contributed by atoms with Crippen LogP contribution in [0.1, 0.15) is 36.7 Å². The van der Waals surface area contributed by atoms with Crippen LogP contribution in [-0.2, 0) is 11.2 Å². The zero-order valence-electron chi connectivity index (χ0n) is 21.9. The third-order valence-electron chi connectivity index (χ3n) is 6.37. The Hall–Kier alpha value is -4.17. The quantitative estimate of drug-likeness (QED) is 0.321. The van der Waals surface area contributed by atoms with Gasteiger partial charge in [-0.1, -0.05) is 6.07 Å². The summed E-state index contributed by atoms with van der Waals surface area (Å²) in [6, 6.07) is 17.2. The second kappa shape index (κ2) is 10.7. The van der Waals surface area contributed by atoms with Crippen molar-refractivity contribution in [2.24, 2.45) is 0 Å². The fourth-order valence-electron chi connectivity index (χ4n) is 4.53. The molecule has 5 rings (SSSR count). The Labute approximate surface area is 222 Å². The van der Waals surface area contributed by atoms with Crippen LogP contribution in [0.3, 0.4) is 0 Å². The molecule has 8 heteroatoms. The van der Waals surface area contributed by atoms with E-state index in [1.165, 1.54) is 0 Å². The number of amides is 1. The van der Waals surface area contributed by atoms with Gasteiger partial charge in [0.1, 0.15) is 11.4 Å². The molecule has 0 aliphatic carbocycles. The van der Waals surface area contributed by atoms with E-state index in [9.17, 15) is 9.59 Å². The smallest absolute Gasteiger partial charge is 0.412 e. The van der Waals surface area contributed by atoms with Crippen molar-refractivity contribution in [1.82, 2.24) is 10.3 Å². The van der Waals surface area contributed by atoms with Gasteiger partial charge >= 0.3 is 6.09 Å². The summed E-state index contributed by atoms with van der Waals surface area (Å²) in [7, 11) is 0. The molecule has 1 saturated heterocycles. The van der Waals surface area contributed by atoms with Gasteiger partial charge < -0.3 is 19.4 Å². The summed E-state index contributed by atoms with van der Waals surface area (Å²) in [6.45, 7) is 9.25. The largest absolute Gasteiger partial charge is 0.464 e. The average Bonchev–Trinajstić information content (AvgIpc) is 3.43. The monoisotopic (exact) mass is 512 g/mol. The molecule has 4 aromatic rings. The van der Waals surface area contributed by atoms with Gasteiger partial charge in [-0.2, -0.15) is 0 Å². The number of carbonyl (C=O) groups excluding carboxylic acids is 2. The van der Waals surface area contributed by atoms with Crippen molar-refractivity contribution >= 4 is 34.2 Å². The number of carbonyl (C=O) groups is 2. The van der Waals surface area contributed by atoms with Gasteiger partial charge in [-0.05, 0) is 74.9 Å². The lowest BCUT2D eigenvalue weighted by molar-refractivity contribution is 0.0635. The number of piperazine rings is 1. The molecule has 1 amide bonds. The van der Waals surface area contributed by atoms with E-state index < -0.39 is 11.7 Å². The Bertz CT molecular complexity index is 1450. The summed E-state index contributed by atoms with van der Waals surface area (Å²) in [6.07, 6.45) is 2.72. The van der Waals surface area contributed by atoms with Crippen LogP contribution in [0.25, 0.3) is 22.2 Å². The summed E-state index contributed by atoms with van der Waals surface area (Å²) in [4.78, 5) is 32.8. The number of pyridine rings is 1. The zero-order valence-corrected chi connectivity index (χ0v) is 21.9. The number of ether oxygens (including phenoxy) is 1. The number of nitrogens with one attached hydrogen (secondary N) is 2. The lowest BCUT2D eigenvalue weighted by Gasteiger charge is -2.29. The van der Waals surface area contributed by atoms with Gasteiger partial charge in [0.15, 0.2) is 5.78 Å². The van der Waals surface area contributed by atoms with Crippen molar-refractivity contribution in [3.05, 3.63) is 78.2 Å². The predicted octanol–water partition coefficient (Wildman–Crippen LogP) is 5.68. The maximum Gasteiger partial charge on any atom is 0.412 e. The van der Waals surface area contributed by atoms with E-state index in [4.69, 9.17) is 9.15 Å². The number of furan rings is 1. The number of ketones is 1. The van der Waals surface area contributed by atoms with Crippen molar-refractivity contribution in [1.29, 1.82) is 0 Å². The third kappa shape index (κ3) is 6.03. The number of benzene rings is 2. The van der Waals surface area contributed by atoms with Gasteiger partial charge in [-0.15, -0.1) is 0 Å². The highest BCUT2D eigenvalue weighted by Gasteiger charge is 2.20. The molecule has 196 valence electrons. The highest BCUT2D eigenvalue weighted by Crippen LogP contribution is 2.28. The van der Waals surface area contributed by atoms with Crippen molar-refractivity contribution < 1.29 is 18.7 Å². The Morgan fingerprint density at radius 2 is 1.89 bits per heavy atom. The molecule has 2 aromatic heterocycles.